The Morgan fingerprint density at radius 1 is 1.14 bits per heavy atom. The molecule has 0 spiro atoms. The predicted molar refractivity (Wildman–Crippen MR) is 81.3 cm³/mol. The van der Waals surface area contributed by atoms with Gasteiger partial charge >= 0.3 is 0 Å². The molecule has 1 heterocycles. The molecular weight excluding hydrogens is 284 g/mol. The number of nitro groups is 1. The molecule has 3 rings (SSSR count). The molecule has 0 bridgehead atoms. The summed E-state index contributed by atoms with van der Waals surface area (Å²) in [4.78, 5) is 22.9. The second-order valence-electron chi connectivity index (χ2n) is 4.72. The smallest absolute Gasteiger partial charge is 0.270 e. The number of nitro benzene ring substituents is 1. The van der Waals surface area contributed by atoms with Crippen molar-refractivity contribution < 1.29 is 14.5 Å². The minimum absolute atomic E-state index is 0.00199. The summed E-state index contributed by atoms with van der Waals surface area (Å²) in [7, 11) is 1.56. The Morgan fingerprint density at radius 3 is 2.50 bits per heavy atom. The van der Waals surface area contributed by atoms with Crippen molar-refractivity contribution in [3.63, 3.8) is 0 Å². The zero-order chi connectivity index (χ0) is 15.7. The van der Waals surface area contributed by atoms with Crippen LogP contribution in [0.1, 0.15) is 10.4 Å². The monoisotopic (exact) mass is 296 g/mol. The number of ether oxygens (including phenoxy) is 1. The zero-order valence-corrected chi connectivity index (χ0v) is 11.7. The number of aromatic nitrogens is 1. The molecule has 0 fully saturated rings. The van der Waals surface area contributed by atoms with Crippen molar-refractivity contribution in [2.75, 3.05) is 7.11 Å². The molecule has 22 heavy (non-hydrogen) atoms. The fraction of sp³-hybridized carbons (Fsp3) is 0.0625. The summed E-state index contributed by atoms with van der Waals surface area (Å²) in [6.07, 6.45) is 1.61. The third-order valence-electron chi connectivity index (χ3n) is 3.44. The fourth-order valence-corrected chi connectivity index (χ4v) is 2.29. The molecule has 1 aromatic heterocycles. The first-order valence-corrected chi connectivity index (χ1v) is 6.54. The Kier molecular flexibility index (Phi) is 3.34. The van der Waals surface area contributed by atoms with Crippen LogP contribution in [0.15, 0.2) is 54.7 Å². The third-order valence-corrected chi connectivity index (χ3v) is 3.44. The minimum Gasteiger partial charge on any atom is -0.497 e. The van der Waals surface area contributed by atoms with Crippen LogP contribution in [0.4, 0.5) is 5.69 Å². The summed E-state index contributed by atoms with van der Waals surface area (Å²) in [6, 6.07) is 12.9. The molecule has 0 aliphatic heterocycles. The van der Waals surface area contributed by atoms with Crippen LogP contribution in [-0.2, 0) is 0 Å². The van der Waals surface area contributed by atoms with Crippen LogP contribution < -0.4 is 4.74 Å². The summed E-state index contributed by atoms with van der Waals surface area (Å²) in [5.41, 5.74) is 1.14. The van der Waals surface area contributed by atoms with Crippen molar-refractivity contribution in [1.82, 2.24) is 4.57 Å². The first kappa shape index (κ1) is 13.8. The fourth-order valence-electron chi connectivity index (χ4n) is 2.29. The normalized spacial score (nSPS) is 10.6. The topological polar surface area (TPSA) is 74.4 Å². The SMILES string of the molecule is COc1ccc(C(=O)n2ccc3cc([N+](=O)[O-])ccc32)cc1. The van der Waals surface area contributed by atoms with Crippen LogP contribution in [0.3, 0.4) is 0 Å². The van der Waals surface area contributed by atoms with E-state index >= 15 is 0 Å². The van der Waals surface area contributed by atoms with Gasteiger partial charge in [0.1, 0.15) is 5.75 Å². The van der Waals surface area contributed by atoms with Gasteiger partial charge in [0, 0.05) is 29.3 Å². The number of nitrogens with zero attached hydrogens (tertiary/aromatic N) is 2. The van der Waals surface area contributed by atoms with Crippen molar-refractivity contribution in [3.05, 3.63) is 70.4 Å². The molecule has 0 N–H and O–H groups in total. The summed E-state index contributed by atoms with van der Waals surface area (Å²) < 4.78 is 6.54. The van der Waals surface area contributed by atoms with Gasteiger partial charge in [-0.25, -0.2) is 0 Å². The van der Waals surface area contributed by atoms with Crippen molar-refractivity contribution in [1.29, 1.82) is 0 Å². The maximum Gasteiger partial charge on any atom is 0.270 e. The highest BCUT2D eigenvalue weighted by Gasteiger charge is 2.14. The first-order chi connectivity index (χ1) is 10.6. The minimum atomic E-state index is -0.456. The van der Waals surface area contributed by atoms with E-state index in [2.05, 4.69) is 0 Å². The lowest BCUT2D eigenvalue weighted by Crippen LogP contribution is -2.10. The van der Waals surface area contributed by atoms with E-state index in [0.717, 1.165) is 0 Å². The number of hydrogen-bond acceptors (Lipinski definition) is 4. The molecule has 6 heteroatoms. The Bertz CT molecular complexity index is 865. The molecule has 2 aromatic carbocycles. The van der Waals surface area contributed by atoms with Gasteiger partial charge in [0.25, 0.3) is 11.6 Å². The van der Waals surface area contributed by atoms with E-state index in [1.807, 2.05) is 0 Å². The first-order valence-electron chi connectivity index (χ1n) is 6.54. The number of rotatable bonds is 3. The Hall–Kier alpha value is -3.15. The molecule has 0 unspecified atom stereocenters. The van der Waals surface area contributed by atoms with Crippen molar-refractivity contribution in [3.8, 4) is 5.75 Å². The Labute approximate surface area is 125 Å². The third kappa shape index (κ3) is 2.31. The van der Waals surface area contributed by atoms with Gasteiger partial charge in [-0.1, -0.05) is 0 Å². The van der Waals surface area contributed by atoms with Gasteiger partial charge in [-0.2, -0.15) is 0 Å². The van der Waals surface area contributed by atoms with Crippen molar-refractivity contribution in [2.45, 2.75) is 0 Å². The molecule has 0 atom stereocenters. The van der Waals surface area contributed by atoms with E-state index in [4.69, 9.17) is 4.74 Å². The number of benzene rings is 2. The van der Waals surface area contributed by atoms with E-state index in [0.29, 0.717) is 22.2 Å². The highest BCUT2D eigenvalue weighted by molar-refractivity contribution is 6.02. The van der Waals surface area contributed by atoms with Gasteiger partial charge in [0.2, 0.25) is 0 Å². The lowest BCUT2D eigenvalue weighted by Gasteiger charge is -2.05. The summed E-state index contributed by atoms with van der Waals surface area (Å²) in [6.45, 7) is 0. The van der Waals surface area contributed by atoms with Crippen LogP contribution in [0.25, 0.3) is 10.9 Å². The number of carbonyl (C=O) groups is 1. The average molecular weight is 296 g/mol. The highest BCUT2D eigenvalue weighted by Crippen LogP contribution is 2.23. The van der Waals surface area contributed by atoms with Gasteiger partial charge in [-0.05, 0) is 36.4 Å². The van der Waals surface area contributed by atoms with Gasteiger partial charge in [-0.15, -0.1) is 0 Å². The number of fused-ring (bicyclic) bond motifs is 1. The lowest BCUT2D eigenvalue weighted by atomic mass is 10.2. The van der Waals surface area contributed by atoms with Crippen LogP contribution in [0, 0.1) is 10.1 Å². The molecule has 0 saturated carbocycles. The van der Waals surface area contributed by atoms with Gasteiger partial charge < -0.3 is 4.74 Å². The molecule has 0 aliphatic rings. The summed E-state index contributed by atoms with van der Waals surface area (Å²) >= 11 is 0. The summed E-state index contributed by atoms with van der Waals surface area (Å²) in [5, 5.41) is 11.4. The number of non-ortho nitro benzene ring substituents is 1. The molecular formula is C16H12N2O4. The average Bonchev–Trinajstić information content (AvgIpc) is 2.97. The number of hydrogen-bond donors (Lipinski definition) is 0. The maximum atomic E-state index is 12.5. The van der Waals surface area contributed by atoms with Crippen LogP contribution in [-0.4, -0.2) is 22.5 Å². The van der Waals surface area contributed by atoms with Gasteiger partial charge in [-0.3, -0.25) is 19.5 Å². The Balaban J connectivity index is 2.01. The molecule has 0 amide bonds. The highest BCUT2D eigenvalue weighted by atomic mass is 16.6. The van der Waals surface area contributed by atoms with E-state index < -0.39 is 4.92 Å². The molecule has 110 valence electrons. The summed E-state index contributed by atoms with van der Waals surface area (Å²) in [5.74, 6) is 0.469. The molecule has 0 radical (unpaired) electrons. The zero-order valence-electron chi connectivity index (χ0n) is 11.7. The Morgan fingerprint density at radius 2 is 1.86 bits per heavy atom. The lowest BCUT2D eigenvalue weighted by molar-refractivity contribution is -0.384. The van der Waals surface area contributed by atoms with E-state index in [-0.39, 0.29) is 11.6 Å². The molecule has 0 aliphatic carbocycles. The van der Waals surface area contributed by atoms with Gasteiger partial charge in [0.15, 0.2) is 0 Å². The standard InChI is InChI=1S/C16H12N2O4/c1-22-14-5-2-11(3-6-14)16(19)17-9-8-12-10-13(18(20)21)4-7-15(12)17/h2-10H,1H3. The second kappa shape index (κ2) is 5.33. The quantitative estimate of drug-likeness (QED) is 0.549. The molecule has 3 aromatic rings. The molecule has 6 nitrogen and oxygen atoms in total. The van der Waals surface area contributed by atoms with Crippen LogP contribution in [0.2, 0.25) is 0 Å². The van der Waals surface area contributed by atoms with E-state index in [9.17, 15) is 14.9 Å². The van der Waals surface area contributed by atoms with Gasteiger partial charge in [0.05, 0.1) is 17.5 Å². The largest absolute Gasteiger partial charge is 0.497 e. The van der Waals surface area contributed by atoms with Crippen molar-refractivity contribution in [2.24, 2.45) is 0 Å². The molecule has 0 saturated heterocycles. The van der Waals surface area contributed by atoms with E-state index in [1.54, 1.807) is 49.7 Å². The second-order valence-corrected chi connectivity index (χ2v) is 4.72. The predicted octanol–water partition coefficient (Wildman–Crippen LogP) is 3.25. The number of carbonyl (C=O) groups excluding carboxylic acids is 1. The van der Waals surface area contributed by atoms with E-state index in [1.165, 1.54) is 16.7 Å². The maximum absolute atomic E-state index is 12.5. The van der Waals surface area contributed by atoms with Crippen LogP contribution >= 0.6 is 0 Å². The number of methoxy groups -OCH3 is 1. The van der Waals surface area contributed by atoms with Crippen LogP contribution in [0.5, 0.6) is 5.75 Å². The van der Waals surface area contributed by atoms with Crippen molar-refractivity contribution >= 4 is 22.5 Å².